The molecule has 18 heavy (non-hydrogen) atoms. The lowest BCUT2D eigenvalue weighted by Gasteiger charge is -2.16. The Bertz CT molecular complexity index is 364. The van der Waals surface area contributed by atoms with Crippen LogP contribution in [0.5, 0.6) is 6.01 Å². The zero-order chi connectivity index (χ0) is 13.4. The molecule has 7 nitrogen and oxygen atoms in total. The monoisotopic (exact) mass is 272 g/mol. The Morgan fingerprint density at radius 2 is 2.00 bits per heavy atom. The van der Waals surface area contributed by atoms with Crippen LogP contribution < -0.4 is 21.3 Å². The number of hydrazine groups is 1. The number of thioether (sulfide) groups is 1. The van der Waals surface area contributed by atoms with Crippen molar-refractivity contribution in [2.24, 2.45) is 5.84 Å². The molecule has 1 heterocycles. The highest BCUT2D eigenvalue weighted by Gasteiger charge is 2.10. The Morgan fingerprint density at radius 1 is 1.28 bits per heavy atom. The average Bonchev–Trinajstić information content (AvgIpc) is 2.38. The van der Waals surface area contributed by atoms with E-state index in [2.05, 4.69) is 38.9 Å². The summed E-state index contributed by atoms with van der Waals surface area (Å²) < 4.78 is 5.26. The van der Waals surface area contributed by atoms with Crippen molar-refractivity contribution >= 4 is 23.7 Å². The van der Waals surface area contributed by atoms with Crippen molar-refractivity contribution in [1.82, 2.24) is 15.0 Å². The number of nitrogens with two attached hydrogens (primary N) is 1. The standard InChI is InChI=1S/C10H20N6OS/c1-4-7(6-18-3)12-8-13-9(16-11)15-10(14-8)17-5-2/h7H,4-6,11H2,1-3H3,(H2,12,13,14,15,16). The van der Waals surface area contributed by atoms with Crippen LogP contribution in [0.15, 0.2) is 0 Å². The van der Waals surface area contributed by atoms with Crippen LogP contribution in [0.4, 0.5) is 11.9 Å². The van der Waals surface area contributed by atoms with E-state index in [-0.39, 0.29) is 12.0 Å². The maximum Gasteiger partial charge on any atom is 0.323 e. The first-order valence-electron chi connectivity index (χ1n) is 5.84. The SMILES string of the molecule is CCOc1nc(NN)nc(NC(CC)CSC)n1. The van der Waals surface area contributed by atoms with Crippen molar-refractivity contribution in [2.45, 2.75) is 26.3 Å². The predicted molar refractivity (Wildman–Crippen MR) is 74.9 cm³/mol. The molecule has 1 atom stereocenters. The van der Waals surface area contributed by atoms with Gasteiger partial charge in [-0.15, -0.1) is 0 Å². The second-order valence-corrected chi connectivity index (χ2v) is 4.46. The van der Waals surface area contributed by atoms with Crippen LogP contribution in [0.3, 0.4) is 0 Å². The molecule has 0 aliphatic heterocycles. The van der Waals surface area contributed by atoms with Crippen molar-refractivity contribution in [1.29, 1.82) is 0 Å². The molecule has 0 amide bonds. The average molecular weight is 272 g/mol. The molecule has 0 spiro atoms. The maximum atomic E-state index is 5.32. The van der Waals surface area contributed by atoms with Crippen LogP contribution in [0.2, 0.25) is 0 Å². The van der Waals surface area contributed by atoms with E-state index in [1.54, 1.807) is 11.8 Å². The molecule has 0 fully saturated rings. The topological polar surface area (TPSA) is 98.0 Å². The number of aromatic nitrogens is 3. The number of rotatable bonds is 8. The largest absolute Gasteiger partial charge is 0.464 e. The van der Waals surface area contributed by atoms with Crippen LogP contribution in [-0.4, -0.2) is 39.6 Å². The number of nitrogens with one attached hydrogen (secondary N) is 2. The third kappa shape index (κ3) is 4.53. The molecular formula is C10H20N6OS. The summed E-state index contributed by atoms with van der Waals surface area (Å²) in [6.45, 7) is 4.48. The lowest BCUT2D eigenvalue weighted by atomic mass is 10.3. The normalized spacial score (nSPS) is 12.0. The number of nitrogens with zero attached hydrogens (tertiary/aromatic N) is 3. The minimum absolute atomic E-state index is 0.266. The van der Waals surface area contributed by atoms with Crippen LogP contribution in [0.1, 0.15) is 20.3 Å². The fraction of sp³-hybridized carbons (Fsp3) is 0.700. The van der Waals surface area contributed by atoms with Crippen LogP contribution in [-0.2, 0) is 0 Å². The first-order valence-corrected chi connectivity index (χ1v) is 7.23. The van der Waals surface area contributed by atoms with Gasteiger partial charge in [0.2, 0.25) is 11.9 Å². The van der Waals surface area contributed by atoms with E-state index in [0.29, 0.717) is 18.6 Å². The zero-order valence-electron chi connectivity index (χ0n) is 10.9. The molecule has 1 unspecified atom stereocenters. The molecule has 4 N–H and O–H groups in total. The molecule has 0 aliphatic carbocycles. The molecule has 1 aromatic heterocycles. The van der Waals surface area contributed by atoms with Gasteiger partial charge in [-0.2, -0.15) is 26.7 Å². The summed E-state index contributed by atoms with van der Waals surface area (Å²) in [6.07, 6.45) is 3.05. The third-order valence-electron chi connectivity index (χ3n) is 2.21. The summed E-state index contributed by atoms with van der Waals surface area (Å²) in [5, 5.41) is 3.24. The van der Waals surface area contributed by atoms with Crippen LogP contribution in [0, 0.1) is 0 Å². The fourth-order valence-electron chi connectivity index (χ4n) is 1.32. The molecule has 0 bridgehead atoms. The van der Waals surface area contributed by atoms with Crippen molar-refractivity contribution in [3.8, 4) is 6.01 Å². The second kappa shape index (κ2) is 7.93. The summed E-state index contributed by atoms with van der Waals surface area (Å²) in [4.78, 5) is 12.3. The van der Waals surface area contributed by atoms with E-state index in [1.807, 2.05) is 6.92 Å². The minimum atomic E-state index is 0.266. The first-order chi connectivity index (χ1) is 8.73. The Balaban J connectivity index is 2.82. The summed E-state index contributed by atoms with van der Waals surface area (Å²) in [7, 11) is 0. The van der Waals surface area contributed by atoms with E-state index in [4.69, 9.17) is 10.6 Å². The summed E-state index contributed by atoms with van der Waals surface area (Å²) >= 11 is 1.77. The molecule has 0 saturated carbocycles. The van der Waals surface area contributed by atoms with Gasteiger partial charge in [0.1, 0.15) is 0 Å². The van der Waals surface area contributed by atoms with Gasteiger partial charge in [0.25, 0.3) is 0 Å². The smallest absolute Gasteiger partial charge is 0.323 e. The number of nitrogen functional groups attached to an aromatic ring is 1. The van der Waals surface area contributed by atoms with E-state index in [0.717, 1.165) is 12.2 Å². The van der Waals surface area contributed by atoms with Gasteiger partial charge in [0, 0.05) is 11.8 Å². The molecule has 0 aliphatic rings. The predicted octanol–water partition coefficient (Wildman–Crippen LogP) is 1.11. The molecule has 1 aromatic rings. The van der Waals surface area contributed by atoms with Gasteiger partial charge in [-0.3, -0.25) is 5.43 Å². The second-order valence-electron chi connectivity index (χ2n) is 3.55. The number of hydrogen-bond acceptors (Lipinski definition) is 8. The minimum Gasteiger partial charge on any atom is -0.464 e. The Kier molecular flexibility index (Phi) is 6.51. The molecular weight excluding hydrogens is 252 g/mol. The van der Waals surface area contributed by atoms with Crippen molar-refractivity contribution in [2.75, 3.05) is 29.4 Å². The Labute approximate surface area is 111 Å². The highest BCUT2D eigenvalue weighted by molar-refractivity contribution is 7.98. The molecule has 0 saturated heterocycles. The maximum absolute atomic E-state index is 5.32. The van der Waals surface area contributed by atoms with E-state index in [9.17, 15) is 0 Å². The number of anilines is 2. The van der Waals surface area contributed by atoms with Crippen molar-refractivity contribution in [3.05, 3.63) is 0 Å². The summed E-state index contributed by atoms with van der Waals surface area (Å²) in [5.41, 5.74) is 2.40. The molecule has 1 rings (SSSR count). The van der Waals surface area contributed by atoms with Gasteiger partial charge in [0.05, 0.1) is 6.61 Å². The Hall–Kier alpha value is -1.28. The first kappa shape index (κ1) is 14.8. The van der Waals surface area contributed by atoms with E-state index >= 15 is 0 Å². The van der Waals surface area contributed by atoms with Gasteiger partial charge in [0.15, 0.2) is 0 Å². The highest BCUT2D eigenvalue weighted by Crippen LogP contribution is 2.13. The molecule has 102 valence electrons. The van der Waals surface area contributed by atoms with E-state index in [1.165, 1.54) is 0 Å². The van der Waals surface area contributed by atoms with Crippen molar-refractivity contribution < 1.29 is 4.74 Å². The highest BCUT2D eigenvalue weighted by atomic mass is 32.2. The quantitative estimate of drug-likeness (QED) is 0.478. The zero-order valence-corrected chi connectivity index (χ0v) is 11.8. The van der Waals surface area contributed by atoms with Crippen molar-refractivity contribution in [3.63, 3.8) is 0 Å². The van der Waals surface area contributed by atoms with E-state index < -0.39 is 0 Å². The van der Waals surface area contributed by atoms with Gasteiger partial charge in [-0.1, -0.05) is 6.92 Å². The number of hydrogen-bond donors (Lipinski definition) is 3. The lowest BCUT2D eigenvalue weighted by molar-refractivity contribution is 0.312. The molecule has 0 aromatic carbocycles. The summed E-state index contributed by atoms with van der Waals surface area (Å²) in [6, 6.07) is 0.574. The van der Waals surface area contributed by atoms with Gasteiger partial charge >= 0.3 is 6.01 Å². The van der Waals surface area contributed by atoms with Crippen LogP contribution >= 0.6 is 11.8 Å². The Morgan fingerprint density at radius 3 is 2.56 bits per heavy atom. The summed E-state index contributed by atoms with van der Waals surface area (Å²) in [5.74, 6) is 7.06. The van der Waals surface area contributed by atoms with Gasteiger partial charge in [-0.05, 0) is 19.6 Å². The third-order valence-corrected chi connectivity index (χ3v) is 2.95. The number of ether oxygens (including phenoxy) is 1. The van der Waals surface area contributed by atoms with Crippen LogP contribution in [0.25, 0.3) is 0 Å². The van der Waals surface area contributed by atoms with Gasteiger partial charge in [-0.25, -0.2) is 5.84 Å². The fourth-order valence-corrected chi connectivity index (χ4v) is 2.05. The molecule has 8 heteroatoms. The van der Waals surface area contributed by atoms with Gasteiger partial charge < -0.3 is 10.1 Å². The molecule has 0 radical (unpaired) electrons. The lowest BCUT2D eigenvalue weighted by Crippen LogP contribution is -2.23.